The van der Waals surface area contributed by atoms with Gasteiger partial charge in [-0.15, -0.1) is 11.3 Å². The van der Waals surface area contributed by atoms with E-state index in [1.54, 1.807) is 27.7 Å². The molecule has 2 aromatic heterocycles. The number of thioether (sulfide) groups is 1. The van der Waals surface area contributed by atoms with E-state index in [0.29, 0.717) is 0 Å². The lowest BCUT2D eigenvalue weighted by atomic mass is 10.0. The maximum absolute atomic E-state index is 13.1. The molecule has 1 fully saturated rings. The zero-order valence-electron chi connectivity index (χ0n) is 15.9. The molecule has 1 saturated heterocycles. The molecule has 1 aliphatic heterocycles. The van der Waals surface area contributed by atoms with Gasteiger partial charge in [-0.2, -0.15) is 0 Å². The standard InChI is InChI=1S/C21H24N2O2S2/c1-13-7-8-15(10-14(13)2)17-12-26-19-18(17)20(24)23(3)21(22-19)27-11-16-6-4-5-9-25-16/h7-8,10,12,16H,4-6,9,11H2,1-3H3/t16-/m1/s1. The van der Waals surface area contributed by atoms with Gasteiger partial charge in [-0.05, 0) is 49.8 Å². The molecule has 1 atom stereocenters. The van der Waals surface area contributed by atoms with E-state index in [2.05, 4.69) is 37.4 Å². The van der Waals surface area contributed by atoms with Crippen molar-refractivity contribution in [2.45, 2.75) is 44.4 Å². The summed E-state index contributed by atoms with van der Waals surface area (Å²) in [6.07, 6.45) is 3.74. The second-order valence-electron chi connectivity index (χ2n) is 7.19. The summed E-state index contributed by atoms with van der Waals surface area (Å²) in [4.78, 5) is 18.7. The Bertz CT molecular complexity index is 1030. The van der Waals surface area contributed by atoms with Crippen LogP contribution in [0, 0.1) is 13.8 Å². The Hall–Kier alpha value is -1.63. The van der Waals surface area contributed by atoms with Crippen molar-refractivity contribution in [3.63, 3.8) is 0 Å². The summed E-state index contributed by atoms with van der Waals surface area (Å²) < 4.78 is 7.49. The molecule has 1 aromatic carbocycles. The fraction of sp³-hybridized carbons (Fsp3) is 0.429. The molecule has 4 rings (SSSR count). The van der Waals surface area contributed by atoms with E-state index in [4.69, 9.17) is 9.72 Å². The summed E-state index contributed by atoms with van der Waals surface area (Å²) in [6.45, 7) is 5.05. The normalized spacial score (nSPS) is 17.5. The lowest BCUT2D eigenvalue weighted by molar-refractivity contribution is 0.0315. The number of hydrogen-bond acceptors (Lipinski definition) is 5. The maximum atomic E-state index is 13.1. The van der Waals surface area contributed by atoms with Crippen molar-refractivity contribution in [1.82, 2.24) is 9.55 Å². The van der Waals surface area contributed by atoms with Gasteiger partial charge in [0.25, 0.3) is 5.56 Å². The highest BCUT2D eigenvalue weighted by Gasteiger charge is 2.19. The second kappa shape index (κ2) is 7.78. The quantitative estimate of drug-likeness (QED) is 0.460. The van der Waals surface area contributed by atoms with Gasteiger partial charge in [-0.3, -0.25) is 9.36 Å². The van der Waals surface area contributed by atoms with Gasteiger partial charge < -0.3 is 4.74 Å². The zero-order chi connectivity index (χ0) is 19.0. The summed E-state index contributed by atoms with van der Waals surface area (Å²) in [7, 11) is 1.82. The molecule has 0 aliphatic carbocycles. The summed E-state index contributed by atoms with van der Waals surface area (Å²) in [6, 6.07) is 6.35. The fourth-order valence-electron chi connectivity index (χ4n) is 3.41. The van der Waals surface area contributed by atoms with Crippen LogP contribution in [-0.2, 0) is 11.8 Å². The predicted octanol–water partition coefficient (Wildman–Crippen LogP) is 4.94. The summed E-state index contributed by atoms with van der Waals surface area (Å²) in [5.41, 5.74) is 4.59. The average molecular weight is 401 g/mol. The molecular weight excluding hydrogens is 376 g/mol. The molecule has 6 heteroatoms. The van der Waals surface area contributed by atoms with Gasteiger partial charge in [0, 0.05) is 30.4 Å². The first kappa shape index (κ1) is 18.7. The van der Waals surface area contributed by atoms with Crippen LogP contribution >= 0.6 is 23.1 Å². The molecular formula is C21H24N2O2S2. The van der Waals surface area contributed by atoms with Crippen molar-refractivity contribution in [3.8, 4) is 11.1 Å². The van der Waals surface area contributed by atoms with Gasteiger partial charge in [-0.1, -0.05) is 30.0 Å². The number of benzene rings is 1. The first-order valence-electron chi connectivity index (χ1n) is 9.35. The van der Waals surface area contributed by atoms with Crippen LogP contribution in [0.15, 0.2) is 33.5 Å². The Morgan fingerprint density at radius 3 is 2.89 bits per heavy atom. The molecule has 0 bridgehead atoms. The molecule has 3 heterocycles. The Balaban J connectivity index is 1.68. The zero-order valence-corrected chi connectivity index (χ0v) is 17.6. The van der Waals surface area contributed by atoms with Gasteiger partial charge in [-0.25, -0.2) is 4.98 Å². The van der Waals surface area contributed by atoms with Crippen LogP contribution in [0.2, 0.25) is 0 Å². The fourth-order valence-corrected chi connectivity index (χ4v) is 5.44. The van der Waals surface area contributed by atoms with E-state index in [1.165, 1.54) is 17.5 Å². The number of nitrogens with zero attached hydrogens (tertiary/aromatic N) is 2. The monoisotopic (exact) mass is 400 g/mol. The van der Waals surface area contributed by atoms with Crippen LogP contribution in [-0.4, -0.2) is 28.0 Å². The van der Waals surface area contributed by atoms with Gasteiger partial charge in [0.2, 0.25) is 0 Å². The Morgan fingerprint density at radius 2 is 2.15 bits per heavy atom. The second-order valence-corrected chi connectivity index (χ2v) is 9.03. The topological polar surface area (TPSA) is 44.1 Å². The molecule has 27 heavy (non-hydrogen) atoms. The summed E-state index contributed by atoms with van der Waals surface area (Å²) in [5, 5.41) is 3.56. The third-order valence-corrected chi connectivity index (χ3v) is 7.30. The minimum absolute atomic E-state index is 0.0292. The van der Waals surface area contributed by atoms with Crippen LogP contribution < -0.4 is 5.56 Å². The van der Waals surface area contributed by atoms with Gasteiger partial charge in [0.05, 0.1) is 11.5 Å². The first-order valence-corrected chi connectivity index (χ1v) is 11.2. The lowest BCUT2D eigenvalue weighted by Gasteiger charge is -2.22. The minimum Gasteiger partial charge on any atom is -0.377 e. The molecule has 0 N–H and O–H groups in total. The van der Waals surface area contributed by atoms with Crippen LogP contribution in [0.25, 0.3) is 21.3 Å². The molecule has 4 nitrogen and oxygen atoms in total. The minimum atomic E-state index is 0.0292. The smallest absolute Gasteiger partial charge is 0.263 e. The van der Waals surface area contributed by atoms with Crippen molar-refractivity contribution >= 4 is 33.3 Å². The summed E-state index contributed by atoms with van der Waals surface area (Å²) >= 11 is 3.17. The predicted molar refractivity (Wildman–Crippen MR) is 114 cm³/mol. The van der Waals surface area contributed by atoms with E-state index in [0.717, 1.165) is 51.7 Å². The van der Waals surface area contributed by atoms with Crippen molar-refractivity contribution in [2.75, 3.05) is 12.4 Å². The van der Waals surface area contributed by atoms with Crippen LogP contribution in [0.1, 0.15) is 30.4 Å². The van der Waals surface area contributed by atoms with Gasteiger partial charge >= 0.3 is 0 Å². The highest BCUT2D eigenvalue weighted by molar-refractivity contribution is 7.99. The highest BCUT2D eigenvalue weighted by atomic mass is 32.2. The number of aromatic nitrogens is 2. The van der Waals surface area contributed by atoms with Crippen LogP contribution in [0.3, 0.4) is 0 Å². The van der Waals surface area contributed by atoms with Crippen molar-refractivity contribution in [1.29, 1.82) is 0 Å². The number of rotatable bonds is 4. The number of fused-ring (bicyclic) bond motifs is 1. The van der Waals surface area contributed by atoms with E-state index in [9.17, 15) is 4.79 Å². The number of ether oxygens (including phenoxy) is 1. The van der Waals surface area contributed by atoms with Crippen molar-refractivity contribution in [2.24, 2.45) is 7.05 Å². The Morgan fingerprint density at radius 1 is 1.30 bits per heavy atom. The van der Waals surface area contributed by atoms with Crippen LogP contribution in [0.4, 0.5) is 0 Å². The highest BCUT2D eigenvalue weighted by Crippen LogP contribution is 2.33. The molecule has 0 radical (unpaired) electrons. The molecule has 0 amide bonds. The van der Waals surface area contributed by atoms with E-state index in [1.807, 2.05) is 7.05 Å². The number of hydrogen-bond donors (Lipinski definition) is 0. The molecule has 142 valence electrons. The molecule has 0 saturated carbocycles. The van der Waals surface area contributed by atoms with E-state index in [-0.39, 0.29) is 11.7 Å². The largest absolute Gasteiger partial charge is 0.377 e. The van der Waals surface area contributed by atoms with Crippen LogP contribution in [0.5, 0.6) is 0 Å². The van der Waals surface area contributed by atoms with Crippen molar-refractivity contribution < 1.29 is 4.74 Å². The SMILES string of the molecule is Cc1ccc(-c2csc3nc(SC[C@H]4CCCCO4)n(C)c(=O)c23)cc1C. The number of thiophene rings is 1. The molecule has 3 aromatic rings. The average Bonchev–Trinajstić information content (AvgIpc) is 3.10. The summed E-state index contributed by atoms with van der Waals surface area (Å²) in [5.74, 6) is 0.848. The van der Waals surface area contributed by atoms with E-state index < -0.39 is 0 Å². The Kier molecular flexibility index (Phi) is 5.39. The van der Waals surface area contributed by atoms with Crippen molar-refractivity contribution in [3.05, 3.63) is 45.1 Å². The third kappa shape index (κ3) is 3.71. The van der Waals surface area contributed by atoms with Gasteiger partial charge in [0.1, 0.15) is 4.83 Å². The molecule has 0 unspecified atom stereocenters. The first-order chi connectivity index (χ1) is 13.0. The molecule has 1 aliphatic rings. The third-order valence-electron chi connectivity index (χ3n) is 5.26. The number of aryl methyl sites for hydroxylation is 2. The maximum Gasteiger partial charge on any atom is 0.263 e. The molecule has 0 spiro atoms. The Labute approximate surface area is 167 Å². The van der Waals surface area contributed by atoms with Gasteiger partial charge in [0.15, 0.2) is 5.16 Å². The lowest BCUT2D eigenvalue weighted by Crippen LogP contribution is -2.23. The van der Waals surface area contributed by atoms with E-state index >= 15 is 0 Å².